The quantitative estimate of drug-likeness (QED) is 0.835. The lowest BCUT2D eigenvalue weighted by Gasteiger charge is -2.06. The number of aliphatic hydroxyl groups is 1. The van der Waals surface area contributed by atoms with Crippen LogP contribution in [0.5, 0.6) is 0 Å². The number of carbonyl (C=O) groups is 1. The Balaban J connectivity index is 2.47. The van der Waals surface area contributed by atoms with E-state index in [1.165, 1.54) is 6.07 Å². The van der Waals surface area contributed by atoms with Gasteiger partial charge in [-0.1, -0.05) is 23.2 Å². The van der Waals surface area contributed by atoms with Crippen molar-refractivity contribution in [2.24, 2.45) is 0 Å². The highest BCUT2D eigenvalue weighted by Crippen LogP contribution is 2.24. The van der Waals surface area contributed by atoms with Crippen LogP contribution in [0.25, 0.3) is 0 Å². The van der Waals surface area contributed by atoms with Crippen LogP contribution in [0.3, 0.4) is 0 Å². The molecule has 0 unspecified atom stereocenters. The van der Waals surface area contributed by atoms with Gasteiger partial charge in [0, 0.05) is 5.69 Å². The molecule has 6 heteroatoms. The lowest BCUT2D eigenvalue weighted by Crippen LogP contribution is -2.13. The summed E-state index contributed by atoms with van der Waals surface area (Å²) in [5, 5.41) is 12.0. The molecule has 4 nitrogen and oxygen atoms in total. The SMILES string of the molecule is C/C(=C\COC(=O)Nc1ccc(Cl)c(Cl)c1)CO. The van der Waals surface area contributed by atoms with E-state index in [0.29, 0.717) is 15.7 Å². The average Bonchev–Trinajstić information content (AvgIpc) is 2.33. The maximum atomic E-state index is 11.4. The first-order valence-corrected chi connectivity index (χ1v) is 5.94. The van der Waals surface area contributed by atoms with Crippen LogP contribution in [0.2, 0.25) is 10.0 Å². The van der Waals surface area contributed by atoms with Gasteiger partial charge in [-0.2, -0.15) is 0 Å². The summed E-state index contributed by atoms with van der Waals surface area (Å²) < 4.78 is 4.87. The molecule has 1 rings (SSSR count). The molecule has 0 aliphatic rings. The summed E-state index contributed by atoms with van der Waals surface area (Å²) in [6.45, 7) is 1.78. The minimum atomic E-state index is -0.602. The van der Waals surface area contributed by atoms with E-state index < -0.39 is 6.09 Å². The van der Waals surface area contributed by atoms with Crippen molar-refractivity contribution in [1.29, 1.82) is 0 Å². The number of anilines is 1. The summed E-state index contributed by atoms with van der Waals surface area (Å²) in [6, 6.07) is 4.72. The van der Waals surface area contributed by atoms with Crippen LogP contribution in [0.4, 0.5) is 10.5 Å². The largest absolute Gasteiger partial charge is 0.445 e. The second-order valence-electron chi connectivity index (χ2n) is 3.56. The van der Waals surface area contributed by atoms with E-state index >= 15 is 0 Å². The Kier molecular flexibility index (Phi) is 5.98. The van der Waals surface area contributed by atoms with Crippen LogP contribution >= 0.6 is 23.2 Å². The van der Waals surface area contributed by atoms with Crippen LogP contribution in [0, 0.1) is 0 Å². The topological polar surface area (TPSA) is 58.6 Å². The molecule has 0 aliphatic heterocycles. The molecule has 18 heavy (non-hydrogen) atoms. The van der Waals surface area contributed by atoms with Gasteiger partial charge in [-0.25, -0.2) is 4.79 Å². The first kappa shape index (κ1) is 14.8. The number of nitrogens with one attached hydrogen (secondary N) is 1. The van der Waals surface area contributed by atoms with E-state index in [1.54, 1.807) is 25.1 Å². The van der Waals surface area contributed by atoms with Gasteiger partial charge in [-0.05, 0) is 36.8 Å². The monoisotopic (exact) mass is 289 g/mol. The molecule has 98 valence electrons. The van der Waals surface area contributed by atoms with Crippen LogP contribution in [0.1, 0.15) is 6.92 Å². The number of aliphatic hydroxyl groups excluding tert-OH is 1. The fourth-order valence-electron chi connectivity index (χ4n) is 1.05. The van der Waals surface area contributed by atoms with Crippen LogP contribution in [-0.2, 0) is 4.74 Å². The molecule has 1 aromatic carbocycles. The molecule has 0 bridgehead atoms. The van der Waals surface area contributed by atoms with Crippen molar-refractivity contribution >= 4 is 35.0 Å². The van der Waals surface area contributed by atoms with Crippen molar-refractivity contribution in [3.63, 3.8) is 0 Å². The zero-order chi connectivity index (χ0) is 13.5. The van der Waals surface area contributed by atoms with Crippen molar-refractivity contribution < 1.29 is 14.6 Å². The number of rotatable bonds is 4. The standard InChI is InChI=1S/C12H13Cl2NO3/c1-8(7-16)4-5-18-12(17)15-9-2-3-10(13)11(14)6-9/h2-4,6,16H,5,7H2,1H3,(H,15,17)/b8-4+. The molecule has 0 radical (unpaired) electrons. The van der Waals surface area contributed by atoms with E-state index in [-0.39, 0.29) is 13.2 Å². The number of benzene rings is 1. The molecule has 0 saturated carbocycles. The third-order valence-electron chi connectivity index (χ3n) is 2.06. The van der Waals surface area contributed by atoms with E-state index in [4.69, 9.17) is 33.0 Å². The minimum absolute atomic E-state index is 0.0578. The highest BCUT2D eigenvalue weighted by atomic mass is 35.5. The van der Waals surface area contributed by atoms with Gasteiger partial charge in [0.2, 0.25) is 0 Å². The Morgan fingerprint density at radius 2 is 2.17 bits per heavy atom. The molecule has 0 aromatic heterocycles. The first-order chi connectivity index (χ1) is 8.52. The number of amides is 1. The second kappa shape index (κ2) is 7.26. The number of ether oxygens (including phenoxy) is 1. The maximum absolute atomic E-state index is 11.4. The fourth-order valence-corrected chi connectivity index (χ4v) is 1.35. The van der Waals surface area contributed by atoms with E-state index in [2.05, 4.69) is 5.32 Å². The lowest BCUT2D eigenvalue weighted by atomic mass is 10.3. The third-order valence-corrected chi connectivity index (χ3v) is 2.80. The van der Waals surface area contributed by atoms with Gasteiger partial charge in [-0.15, -0.1) is 0 Å². The summed E-state index contributed by atoms with van der Waals surface area (Å²) in [6.07, 6.45) is 1.02. The predicted molar refractivity (Wildman–Crippen MR) is 72.3 cm³/mol. The van der Waals surface area contributed by atoms with Gasteiger partial charge >= 0.3 is 6.09 Å². The summed E-state index contributed by atoms with van der Waals surface area (Å²) in [4.78, 5) is 11.4. The summed E-state index contributed by atoms with van der Waals surface area (Å²) in [7, 11) is 0. The molecular formula is C12H13Cl2NO3. The Bertz CT molecular complexity index is 461. The van der Waals surface area contributed by atoms with Gasteiger partial charge in [0.1, 0.15) is 6.61 Å². The van der Waals surface area contributed by atoms with Crippen LogP contribution in [-0.4, -0.2) is 24.4 Å². The number of hydrogen-bond acceptors (Lipinski definition) is 3. The normalized spacial score (nSPS) is 11.2. The van der Waals surface area contributed by atoms with Gasteiger partial charge in [0.05, 0.1) is 16.7 Å². The molecular weight excluding hydrogens is 277 g/mol. The molecule has 1 aromatic rings. The van der Waals surface area contributed by atoms with Crippen molar-refractivity contribution in [3.05, 3.63) is 39.9 Å². The van der Waals surface area contributed by atoms with Crippen molar-refractivity contribution in [3.8, 4) is 0 Å². The number of carbonyl (C=O) groups excluding carboxylic acids is 1. The van der Waals surface area contributed by atoms with E-state index in [9.17, 15) is 4.79 Å². The molecule has 0 spiro atoms. The third kappa shape index (κ3) is 4.96. The molecule has 0 heterocycles. The van der Waals surface area contributed by atoms with Gasteiger partial charge in [0.25, 0.3) is 0 Å². The summed E-state index contributed by atoms with van der Waals surface area (Å²) in [5.41, 5.74) is 1.23. The van der Waals surface area contributed by atoms with Gasteiger partial charge in [-0.3, -0.25) is 5.32 Å². The molecule has 0 fully saturated rings. The van der Waals surface area contributed by atoms with Crippen LogP contribution in [0.15, 0.2) is 29.8 Å². The number of hydrogen-bond donors (Lipinski definition) is 2. The lowest BCUT2D eigenvalue weighted by molar-refractivity contribution is 0.173. The Hall–Kier alpha value is -1.23. The minimum Gasteiger partial charge on any atom is -0.445 e. The second-order valence-corrected chi connectivity index (χ2v) is 4.38. The highest BCUT2D eigenvalue weighted by molar-refractivity contribution is 6.42. The smallest absolute Gasteiger partial charge is 0.411 e. The van der Waals surface area contributed by atoms with Gasteiger partial charge < -0.3 is 9.84 Å². The molecule has 1 amide bonds. The fraction of sp³-hybridized carbons (Fsp3) is 0.250. The average molecular weight is 290 g/mol. The Morgan fingerprint density at radius 1 is 1.44 bits per heavy atom. The molecule has 0 aliphatic carbocycles. The zero-order valence-electron chi connectivity index (χ0n) is 9.74. The van der Waals surface area contributed by atoms with Crippen molar-refractivity contribution in [2.75, 3.05) is 18.5 Å². The predicted octanol–water partition coefficient (Wildman–Crippen LogP) is 3.48. The molecule has 0 saturated heterocycles. The van der Waals surface area contributed by atoms with Gasteiger partial charge in [0.15, 0.2) is 0 Å². The Morgan fingerprint density at radius 3 is 2.78 bits per heavy atom. The van der Waals surface area contributed by atoms with Crippen molar-refractivity contribution in [1.82, 2.24) is 0 Å². The highest BCUT2D eigenvalue weighted by Gasteiger charge is 2.04. The first-order valence-electron chi connectivity index (χ1n) is 5.18. The van der Waals surface area contributed by atoms with Crippen molar-refractivity contribution in [2.45, 2.75) is 6.92 Å². The van der Waals surface area contributed by atoms with E-state index in [0.717, 1.165) is 5.57 Å². The molecule has 2 N–H and O–H groups in total. The molecule has 0 atom stereocenters. The maximum Gasteiger partial charge on any atom is 0.411 e. The summed E-state index contributed by atoms with van der Waals surface area (Å²) >= 11 is 11.5. The van der Waals surface area contributed by atoms with Crippen LogP contribution < -0.4 is 5.32 Å². The Labute approximate surface area is 115 Å². The van der Waals surface area contributed by atoms with E-state index in [1.807, 2.05) is 0 Å². The zero-order valence-corrected chi connectivity index (χ0v) is 11.3. The number of halogens is 2. The summed E-state index contributed by atoms with van der Waals surface area (Å²) in [5.74, 6) is 0.